The van der Waals surface area contributed by atoms with Gasteiger partial charge < -0.3 is 5.11 Å². The van der Waals surface area contributed by atoms with E-state index < -0.39 is 0 Å². The average Bonchev–Trinajstić information content (AvgIpc) is 2.26. The first-order chi connectivity index (χ1) is 7.11. The van der Waals surface area contributed by atoms with Crippen molar-refractivity contribution in [3.63, 3.8) is 0 Å². The van der Waals surface area contributed by atoms with Crippen LogP contribution in [0.15, 0.2) is 0 Å². The predicted octanol–water partition coefficient (Wildman–Crippen LogP) is 1.73. The number of rotatable bonds is 8. The second-order valence-electron chi connectivity index (χ2n) is 3.74. The first-order valence-corrected chi connectivity index (χ1v) is 5.60. The van der Waals surface area contributed by atoms with E-state index in [1.54, 1.807) is 7.05 Å². The van der Waals surface area contributed by atoms with Crippen molar-refractivity contribution in [1.82, 2.24) is 5.06 Å². The van der Waals surface area contributed by atoms with E-state index in [0.29, 0.717) is 6.42 Å². The van der Waals surface area contributed by atoms with Crippen LogP contribution in [0.2, 0.25) is 0 Å². The van der Waals surface area contributed by atoms with Crippen LogP contribution >= 0.6 is 0 Å². The summed E-state index contributed by atoms with van der Waals surface area (Å²) in [5.74, 6) is 0.00791. The standard InChI is InChI=1S/C11H23NO3/c1-4-10(13)8-6-5-7-9-11(14)12(2)15-3/h10,13H,4-9H2,1-3H3/t10-/m1/s1. The van der Waals surface area contributed by atoms with Crippen molar-refractivity contribution in [2.24, 2.45) is 0 Å². The van der Waals surface area contributed by atoms with Gasteiger partial charge in [0, 0.05) is 13.5 Å². The summed E-state index contributed by atoms with van der Waals surface area (Å²) < 4.78 is 0. The van der Waals surface area contributed by atoms with Crippen molar-refractivity contribution in [1.29, 1.82) is 0 Å². The zero-order valence-electron chi connectivity index (χ0n) is 10.0. The van der Waals surface area contributed by atoms with Crippen molar-refractivity contribution in [3.8, 4) is 0 Å². The third-order valence-electron chi connectivity index (χ3n) is 2.52. The fourth-order valence-corrected chi connectivity index (χ4v) is 1.30. The fraction of sp³-hybridized carbons (Fsp3) is 0.909. The molecule has 0 bridgehead atoms. The van der Waals surface area contributed by atoms with Crippen molar-refractivity contribution in [2.75, 3.05) is 14.2 Å². The van der Waals surface area contributed by atoms with E-state index in [0.717, 1.165) is 32.1 Å². The van der Waals surface area contributed by atoms with E-state index in [9.17, 15) is 9.90 Å². The fourth-order valence-electron chi connectivity index (χ4n) is 1.30. The van der Waals surface area contributed by atoms with Gasteiger partial charge in [-0.2, -0.15) is 0 Å². The molecule has 0 unspecified atom stereocenters. The molecule has 4 nitrogen and oxygen atoms in total. The highest BCUT2D eigenvalue weighted by Gasteiger charge is 2.07. The number of nitrogens with zero attached hydrogens (tertiary/aromatic N) is 1. The summed E-state index contributed by atoms with van der Waals surface area (Å²) in [5.41, 5.74) is 0. The second kappa shape index (κ2) is 8.68. The van der Waals surface area contributed by atoms with Crippen LogP contribution in [-0.2, 0) is 9.63 Å². The summed E-state index contributed by atoms with van der Waals surface area (Å²) in [7, 11) is 3.10. The molecule has 0 rings (SSSR count). The topological polar surface area (TPSA) is 49.8 Å². The van der Waals surface area contributed by atoms with Gasteiger partial charge in [0.25, 0.3) is 0 Å². The molecule has 0 aromatic rings. The van der Waals surface area contributed by atoms with Gasteiger partial charge in [0.15, 0.2) is 0 Å². The molecule has 15 heavy (non-hydrogen) atoms. The third-order valence-corrected chi connectivity index (χ3v) is 2.52. The Balaban J connectivity index is 3.35. The minimum Gasteiger partial charge on any atom is -0.393 e. The maximum absolute atomic E-state index is 11.3. The number of amides is 1. The minimum atomic E-state index is -0.178. The van der Waals surface area contributed by atoms with Gasteiger partial charge in [-0.3, -0.25) is 9.63 Å². The van der Waals surface area contributed by atoms with Crippen LogP contribution in [0.5, 0.6) is 0 Å². The molecule has 0 saturated heterocycles. The van der Waals surface area contributed by atoms with Crippen LogP contribution < -0.4 is 0 Å². The van der Waals surface area contributed by atoms with Gasteiger partial charge in [0.05, 0.1) is 13.2 Å². The van der Waals surface area contributed by atoms with Crippen LogP contribution in [0.3, 0.4) is 0 Å². The Morgan fingerprint density at radius 2 is 2.07 bits per heavy atom. The highest BCUT2D eigenvalue weighted by Crippen LogP contribution is 2.08. The zero-order chi connectivity index (χ0) is 11.7. The van der Waals surface area contributed by atoms with E-state index in [-0.39, 0.29) is 12.0 Å². The van der Waals surface area contributed by atoms with Crippen LogP contribution in [0.1, 0.15) is 45.4 Å². The maximum atomic E-state index is 11.3. The van der Waals surface area contributed by atoms with Gasteiger partial charge >= 0.3 is 0 Å². The third kappa shape index (κ3) is 7.33. The molecule has 0 aliphatic carbocycles. The number of carbonyl (C=O) groups excluding carboxylic acids is 1. The molecule has 1 atom stereocenters. The van der Waals surface area contributed by atoms with Crippen molar-refractivity contribution in [2.45, 2.75) is 51.6 Å². The number of carbonyl (C=O) groups is 1. The van der Waals surface area contributed by atoms with Crippen LogP contribution in [-0.4, -0.2) is 36.3 Å². The van der Waals surface area contributed by atoms with Gasteiger partial charge in [-0.05, 0) is 19.3 Å². The van der Waals surface area contributed by atoms with Gasteiger partial charge in [-0.1, -0.05) is 19.8 Å². The Morgan fingerprint density at radius 3 is 2.60 bits per heavy atom. The highest BCUT2D eigenvalue weighted by atomic mass is 16.7. The molecule has 4 heteroatoms. The molecule has 0 fully saturated rings. The average molecular weight is 217 g/mol. The number of aliphatic hydroxyl groups excluding tert-OH is 1. The van der Waals surface area contributed by atoms with Gasteiger partial charge in [-0.15, -0.1) is 0 Å². The normalized spacial score (nSPS) is 12.5. The molecule has 90 valence electrons. The molecule has 0 aromatic heterocycles. The van der Waals surface area contributed by atoms with E-state index in [1.807, 2.05) is 6.92 Å². The summed E-state index contributed by atoms with van der Waals surface area (Å²) in [6.45, 7) is 1.97. The second-order valence-corrected chi connectivity index (χ2v) is 3.74. The smallest absolute Gasteiger partial charge is 0.245 e. The molecule has 1 amide bonds. The Morgan fingerprint density at radius 1 is 1.40 bits per heavy atom. The van der Waals surface area contributed by atoms with Crippen LogP contribution in [0.4, 0.5) is 0 Å². The first kappa shape index (κ1) is 14.4. The van der Waals surface area contributed by atoms with Crippen LogP contribution in [0, 0.1) is 0 Å². The minimum absolute atomic E-state index is 0.00791. The van der Waals surface area contributed by atoms with Crippen molar-refractivity contribution < 1.29 is 14.7 Å². The first-order valence-electron chi connectivity index (χ1n) is 5.60. The lowest BCUT2D eigenvalue weighted by Gasteiger charge is -2.13. The monoisotopic (exact) mass is 217 g/mol. The maximum Gasteiger partial charge on any atom is 0.245 e. The molecular formula is C11H23NO3. The summed E-state index contributed by atoms with van der Waals surface area (Å²) in [6.07, 6.45) is 4.83. The van der Waals surface area contributed by atoms with Gasteiger partial charge in [0.1, 0.15) is 0 Å². The molecule has 0 aliphatic heterocycles. The lowest BCUT2D eigenvalue weighted by molar-refractivity contribution is -0.168. The lowest BCUT2D eigenvalue weighted by atomic mass is 10.1. The summed E-state index contributed by atoms with van der Waals surface area (Å²) >= 11 is 0. The predicted molar refractivity (Wildman–Crippen MR) is 59.2 cm³/mol. The van der Waals surface area contributed by atoms with Crippen molar-refractivity contribution in [3.05, 3.63) is 0 Å². The van der Waals surface area contributed by atoms with E-state index in [4.69, 9.17) is 4.84 Å². The summed E-state index contributed by atoms with van der Waals surface area (Å²) in [4.78, 5) is 16.0. The molecule has 1 N–H and O–H groups in total. The Labute approximate surface area is 92.2 Å². The van der Waals surface area contributed by atoms with E-state index in [2.05, 4.69) is 0 Å². The lowest BCUT2D eigenvalue weighted by Crippen LogP contribution is -2.24. The molecule has 0 radical (unpaired) electrons. The van der Waals surface area contributed by atoms with Crippen LogP contribution in [0.25, 0.3) is 0 Å². The Kier molecular flexibility index (Phi) is 8.33. The van der Waals surface area contributed by atoms with Crippen molar-refractivity contribution >= 4 is 5.91 Å². The number of hydrogen-bond donors (Lipinski definition) is 1. The molecule has 0 aliphatic rings. The number of aliphatic hydroxyl groups is 1. The van der Waals surface area contributed by atoms with E-state index >= 15 is 0 Å². The van der Waals surface area contributed by atoms with E-state index in [1.165, 1.54) is 12.2 Å². The summed E-state index contributed by atoms with van der Waals surface area (Å²) in [5, 5.41) is 10.5. The quantitative estimate of drug-likeness (QED) is 0.497. The number of hydrogen-bond acceptors (Lipinski definition) is 3. The Hall–Kier alpha value is -0.610. The van der Waals surface area contributed by atoms with Gasteiger partial charge in [0.2, 0.25) is 5.91 Å². The SMILES string of the molecule is CC[C@@H](O)CCCCCC(=O)N(C)OC. The van der Waals surface area contributed by atoms with Gasteiger partial charge in [-0.25, -0.2) is 5.06 Å². The molecular weight excluding hydrogens is 194 g/mol. The number of hydroxylamine groups is 2. The Bertz CT molecular complexity index is 173. The number of unbranched alkanes of at least 4 members (excludes halogenated alkanes) is 2. The molecule has 0 saturated carbocycles. The highest BCUT2D eigenvalue weighted by molar-refractivity contribution is 5.74. The molecule has 0 heterocycles. The molecule has 0 aromatic carbocycles. The zero-order valence-corrected chi connectivity index (χ0v) is 10.0. The largest absolute Gasteiger partial charge is 0.393 e. The molecule has 0 spiro atoms. The summed E-state index contributed by atoms with van der Waals surface area (Å²) in [6, 6.07) is 0.